The Kier molecular flexibility index (Phi) is 10.2. The lowest BCUT2D eigenvalue weighted by Crippen LogP contribution is -2.40. The van der Waals surface area contributed by atoms with E-state index in [1.807, 2.05) is 30.3 Å². The van der Waals surface area contributed by atoms with Crippen LogP contribution in [0.3, 0.4) is 0 Å². The van der Waals surface area contributed by atoms with Gasteiger partial charge in [0, 0.05) is 33.1 Å². The molecule has 220 valence electrons. The summed E-state index contributed by atoms with van der Waals surface area (Å²) in [5.74, 6) is -0.290. The van der Waals surface area contributed by atoms with Gasteiger partial charge in [-0.2, -0.15) is 0 Å². The first kappa shape index (κ1) is 30.3. The van der Waals surface area contributed by atoms with Crippen LogP contribution in [0.1, 0.15) is 52.8 Å². The minimum Gasteiger partial charge on any atom is -0.463 e. The molecule has 2 aromatic heterocycles. The summed E-state index contributed by atoms with van der Waals surface area (Å²) in [7, 11) is 0. The van der Waals surface area contributed by atoms with E-state index in [0.717, 1.165) is 12.0 Å². The van der Waals surface area contributed by atoms with Crippen molar-refractivity contribution in [2.24, 2.45) is 5.92 Å². The van der Waals surface area contributed by atoms with Crippen LogP contribution in [0.2, 0.25) is 0 Å². The van der Waals surface area contributed by atoms with Crippen LogP contribution in [0, 0.1) is 5.92 Å². The van der Waals surface area contributed by atoms with Crippen molar-refractivity contribution in [3.05, 3.63) is 42.2 Å². The van der Waals surface area contributed by atoms with Gasteiger partial charge in [-0.3, -0.25) is 19.0 Å². The number of imidazole rings is 1. The maximum atomic E-state index is 12.2. The Morgan fingerprint density at radius 1 is 1.05 bits per heavy atom. The smallest absolute Gasteiger partial charge is 0.303 e. The zero-order valence-corrected chi connectivity index (χ0v) is 24.6. The molecule has 3 aromatic rings. The van der Waals surface area contributed by atoms with E-state index in [0.29, 0.717) is 40.4 Å². The number of anilines is 1. The third-order valence-electron chi connectivity index (χ3n) is 6.56. The molecule has 3 heterocycles. The van der Waals surface area contributed by atoms with Crippen molar-refractivity contribution < 1.29 is 33.3 Å². The van der Waals surface area contributed by atoms with E-state index in [2.05, 4.69) is 29.1 Å². The monoisotopic (exact) mass is 585 g/mol. The molecule has 5 atom stereocenters. The third kappa shape index (κ3) is 7.53. The topological polar surface area (TPSA) is 144 Å². The van der Waals surface area contributed by atoms with E-state index in [4.69, 9.17) is 23.9 Å². The van der Waals surface area contributed by atoms with Crippen molar-refractivity contribution in [3.8, 4) is 0 Å². The Hall–Kier alpha value is -3.71. The molecule has 1 unspecified atom stereocenters. The van der Waals surface area contributed by atoms with Gasteiger partial charge in [0.05, 0.1) is 0 Å². The summed E-state index contributed by atoms with van der Waals surface area (Å²) in [6.07, 6.45) is -1.65. The van der Waals surface area contributed by atoms with Gasteiger partial charge in [-0.1, -0.05) is 62.4 Å². The molecule has 0 amide bonds. The lowest BCUT2D eigenvalue weighted by Gasteiger charge is -2.25. The van der Waals surface area contributed by atoms with E-state index in [1.165, 1.54) is 38.9 Å². The third-order valence-corrected chi connectivity index (χ3v) is 7.61. The van der Waals surface area contributed by atoms with Crippen LogP contribution in [0.25, 0.3) is 11.2 Å². The normalized spacial score (nSPS) is 20.9. The Labute approximate surface area is 242 Å². The average Bonchev–Trinajstić information content (AvgIpc) is 3.46. The van der Waals surface area contributed by atoms with Crippen molar-refractivity contribution >= 4 is 46.8 Å². The predicted molar refractivity (Wildman–Crippen MR) is 151 cm³/mol. The number of nitrogens with one attached hydrogen (secondary N) is 1. The van der Waals surface area contributed by atoms with Crippen LogP contribution in [0.15, 0.2) is 41.7 Å². The molecule has 4 rings (SSSR count). The molecule has 1 fully saturated rings. The number of hydrogen-bond acceptors (Lipinski definition) is 12. The van der Waals surface area contributed by atoms with Crippen LogP contribution >= 0.6 is 11.8 Å². The largest absolute Gasteiger partial charge is 0.463 e. The van der Waals surface area contributed by atoms with Crippen molar-refractivity contribution in [3.63, 3.8) is 0 Å². The number of carbonyl (C=O) groups excluding carboxylic acids is 3. The van der Waals surface area contributed by atoms with E-state index in [-0.39, 0.29) is 6.61 Å². The van der Waals surface area contributed by atoms with E-state index in [9.17, 15) is 14.4 Å². The molecule has 41 heavy (non-hydrogen) atoms. The molecule has 1 saturated heterocycles. The van der Waals surface area contributed by atoms with Crippen LogP contribution in [0.4, 0.5) is 5.95 Å². The van der Waals surface area contributed by atoms with Gasteiger partial charge in [-0.15, -0.1) is 0 Å². The van der Waals surface area contributed by atoms with Gasteiger partial charge in [0.2, 0.25) is 5.95 Å². The fourth-order valence-corrected chi connectivity index (χ4v) is 5.29. The fourth-order valence-electron chi connectivity index (χ4n) is 4.40. The van der Waals surface area contributed by atoms with Gasteiger partial charge in [-0.05, 0) is 11.5 Å². The second kappa shape index (κ2) is 13.8. The zero-order valence-electron chi connectivity index (χ0n) is 23.7. The minimum absolute atomic E-state index is 0.211. The van der Waals surface area contributed by atoms with Crippen molar-refractivity contribution in [1.29, 1.82) is 0 Å². The molecule has 13 heteroatoms. The average molecular weight is 586 g/mol. The van der Waals surface area contributed by atoms with Crippen molar-refractivity contribution in [2.45, 2.75) is 76.4 Å². The Morgan fingerprint density at radius 3 is 2.41 bits per heavy atom. The first-order valence-corrected chi connectivity index (χ1v) is 14.4. The lowest BCUT2D eigenvalue weighted by atomic mass is 10.1. The Bertz CT molecular complexity index is 1370. The molecule has 1 N–H and O–H groups in total. The first-order chi connectivity index (χ1) is 19.7. The quantitative estimate of drug-likeness (QED) is 0.142. The zero-order chi connectivity index (χ0) is 29.5. The number of rotatable bonds is 12. The minimum atomic E-state index is -1.08. The van der Waals surface area contributed by atoms with Crippen LogP contribution in [-0.4, -0.2) is 68.9 Å². The molecular weight excluding hydrogens is 550 g/mol. The summed E-state index contributed by atoms with van der Waals surface area (Å²) < 4.78 is 24.4. The maximum absolute atomic E-state index is 12.2. The van der Waals surface area contributed by atoms with Gasteiger partial charge < -0.3 is 24.3 Å². The second-order valence-electron chi connectivity index (χ2n) is 9.84. The fraction of sp³-hybridized carbons (Fsp3) is 0.500. The van der Waals surface area contributed by atoms with Gasteiger partial charge in [0.1, 0.15) is 29.6 Å². The molecule has 0 spiro atoms. The maximum Gasteiger partial charge on any atom is 0.303 e. The highest BCUT2D eigenvalue weighted by molar-refractivity contribution is 7.98. The highest BCUT2D eigenvalue weighted by atomic mass is 32.2. The number of ether oxygens (including phenoxy) is 4. The Morgan fingerprint density at radius 2 is 1.76 bits per heavy atom. The van der Waals surface area contributed by atoms with Gasteiger partial charge in [-0.25, -0.2) is 15.0 Å². The molecule has 0 saturated carbocycles. The summed E-state index contributed by atoms with van der Waals surface area (Å²) in [6, 6.07) is 10.0. The molecule has 1 aliphatic rings. The van der Waals surface area contributed by atoms with Crippen molar-refractivity contribution in [2.75, 3.05) is 18.5 Å². The molecule has 1 aromatic carbocycles. The predicted octanol–water partition coefficient (Wildman–Crippen LogP) is 3.90. The Balaban J connectivity index is 1.79. The summed E-state index contributed by atoms with van der Waals surface area (Å²) in [6.45, 7) is 8.38. The molecule has 12 nitrogen and oxygen atoms in total. The summed E-state index contributed by atoms with van der Waals surface area (Å²) in [5, 5.41) is 4.05. The summed E-state index contributed by atoms with van der Waals surface area (Å²) in [4.78, 5) is 49.8. The number of thioether (sulfide) groups is 1. The molecular formula is C28H35N5O7S. The molecule has 0 radical (unpaired) electrons. The van der Waals surface area contributed by atoms with Crippen LogP contribution in [0.5, 0.6) is 0 Å². The van der Waals surface area contributed by atoms with Gasteiger partial charge >= 0.3 is 17.9 Å². The van der Waals surface area contributed by atoms with Crippen LogP contribution in [-0.2, 0) is 39.1 Å². The van der Waals surface area contributed by atoms with E-state index in [1.54, 1.807) is 4.57 Å². The molecule has 0 aliphatic carbocycles. The lowest BCUT2D eigenvalue weighted by molar-refractivity contribution is -0.166. The van der Waals surface area contributed by atoms with Gasteiger partial charge in [0.25, 0.3) is 0 Å². The number of fused-ring (bicyclic) bond motifs is 1. The van der Waals surface area contributed by atoms with Crippen molar-refractivity contribution in [1.82, 2.24) is 19.5 Å². The summed E-state index contributed by atoms with van der Waals surface area (Å²) >= 11 is 1.52. The first-order valence-electron chi connectivity index (χ1n) is 13.4. The highest BCUT2D eigenvalue weighted by Gasteiger charge is 2.51. The SMILES string of the molecule is CCC(C)CNc1nc2c(SCc3ccccc3)ncnc2n1[C@@H]1O[C@H](COC(C)=O)[C@@H](OC(C)=O)[C@H]1OC(C)=O. The standard InChI is InChI=1S/C28H35N5O7S/c1-6-16(2)12-29-28-32-22-25(30-15-31-26(22)41-14-20-10-8-7-9-11-20)33(28)27-24(39-19(5)36)23(38-18(4)35)21(40-27)13-37-17(3)34/h7-11,15-16,21,23-24,27H,6,12-14H2,1-5H3,(H,29,32)/t16?,21-,23-,24-,27-/m1/s1. The second-order valence-corrected chi connectivity index (χ2v) is 10.8. The number of aromatic nitrogens is 4. The van der Waals surface area contributed by atoms with Crippen LogP contribution < -0.4 is 5.32 Å². The number of hydrogen-bond donors (Lipinski definition) is 1. The van der Waals surface area contributed by atoms with E-state index >= 15 is 0 Å². The number of esters is 3. The number of nitrogens with zero attached hydrogens (tertiary/aromatic N) is 4. The van der Waals surface area contributed by atoms with E-state index < -0.39 is 42.4 Å². The number of benzene rings is 1. The number of carbonyl (C=O) groups is 3. The highest BCUT2D eigenvalue weighted by Crippen LogP contribution is 2.39. The molecule has 1 aliphatic heterocycles. The summed E-state index contributed by atoms with van der Waals surface area (Å²) in [5.41, 5.74) is 2.11. The van der Waals surface area contributed by atoms with Gasteiger partial charge in [0.15, 0.2) is 24.1 Å². The molecule has 0 bridgehead atoms.